The first-order valence-electron chi connectivity index (χ1n) is 10.3. The number of rotatable bonds is 3. The Morgan fingerprint density at radius 2 is 1.90 bits per heavy atom. The lowest BCUT2D eigenvalue weighted by Crippen LogP contribution is -2.52. The van der Waals surface area contributed by atoms with Crippen LogP contribution in [0.5, 0.6) is 0 Å². The number of benzene rings is 2. The predicted octanol–water partition coefficient (Wildman–Crippen LogP) is 0.802. The second-order valence-electron chi connectivity index (χ2n) is 8.28. The maximum atomic E-state index is 12.9. The van der Waals surface area contributed by atoms with E-state index in [9.17, 15) is 19.2 Å². The summed E-state index contributed by atoms with van der Waals surface area (Å²) in [6, 6.07) is 11.7. The summed E-state index contributed by atoms with van der Waals surface area (Å²) in [6.45, 7) is 0.232. The monoisotopic (exact) mass is 418 g/mol. The third kappa shape index (κ3) is 3.29. The number of amides is 4. The first-order valence-corrected chi connectivity index (χ1v) is 10.3. The molecule has 0 spiro atoms. The zero-order chi connectivity index (χ0) is 21.7. The molecule has 0 radical (unpaired) electrons. The zero-order valence-electron chi connectivity index (χ0n) is 16.8. The highest BCUT2D eigenvalue weighted by molar-refractivity contribution is 6.06. The molecule has 2 aliphatic heterocycles. The van der Waals surface area contributed by atoms with E-state index in [-0.39, 0.29) is 42.8 Å². The van der Waals surface area contributed by atoms with Gasteiger partial charge in [-0.1, -0.05) is 24.3 Å². The first-order chi connectivity index (χ1) is 14.9. The Morgan fingerprint density at radius 3 is 2.68 bits per heavy atom. The highest BCUT2D eigenvalue weighted by Gasteiger charge is 2.39. The summed E-state index contributed by atoms with van der Waals surface area (Å²) in [4.78, 5) is 50.7. The summed E-state index contributed by atoms with van der Waals surface area (Å²) in [5.41, 5.74) is 10.1. The molecule has 1 unspecified atom stereocenters. The van der Waals surface area contributed by atoms with Gasteiger partial charge in [0.15, 0.2) is 0 Å². The van der Waals surface area contributed by atoms with Crippen molar-refractivity contribution in [3.8, 4) is 0 Å². The second kappa shape index (κ2) is 7.31. The Kier molecular flexibility index (Phi) is 4.59. The predicted molar refractivity (Wildman–Crippen MR) is 111 cm³/mol. The number of nitrogens with two attached hydrogens (primary N) is 1. The third-order valence-electron chi connectivity index (χ3n) is 6.39. The fraction of sp³-hybridized carbons (Fsp3) is 0.304. The van der Waals surface area contributed by atoms with Crippen molar-refractivity contribution in [3.63, 3.8) is 0 Å². The number of nitrogens with zero attached hydrogens (tertiary/aromatic N) is 1. The normalized spacial score (nSPS) is 24.6. The van der Waals surface area contributed by atoms with Crippen molar-refractivity contribution in [2.24, 2.45) is 5.73 Å². The van der Waals surface area contributed by atoms with Crippen molar-refractivity contribution in [1.29, 1.82) is 0 Å². The van der Waals surface area contributed by atoms with E-state index in [4.69, 9.17) is 5.73 Å². The minimum Gasteiger partial charge on any atom is -0.347 e. The molecule has 5 rings (SSSR count). The van der Waals surface area contributed by atoms with Gasteiger partial charge in [-0.15, -0.1) is 0 Å². The number of fused-ring (bicyclic) bond motifs is 2. The van der Waals surface area contributed by atoms with Crippen LogP contribution in [0.1, 0.15) is 56.3 Å². The van der Waals surface area contributed by atoms with E-state index < -0.39 is 11.9 Å². The van der Waals surface area contributed by atoms with Crippen LogP contribution in [0.15, 0.2) is 42.5 Å². The summed E-state index contributed by atoms with van der Waals surface area (Å²) >= 11 is 0. The largest absolute Gasteiger partial charge is 0.347 e. The molecule has 8 heteroatoms. The number of carbonyl (C=O) groups is 4. The molecule has 0 aromatic heterocycles. The molecular formula is C23H22N4O4. The van der Waals surface area contributed by atoms with Crippen molar-refractivity contribution in [1.82, 2.24) is 15.5 Å². The number of piperidine rings is 1. The van der Waals surface area contributed by atoms with Crippen LogP contribution in [-0.4, -0.2) is 40.6 Å². The molecule has 1 saturated heterocycles. The quantitative estimate of drug-likeness (QED) is 0.637. The average molecular weight is 418 g/mol. The van der Waals surface area contributed by atoms with E-state index in [1.165, 1.54) is 4.90 Å². The molecule has 2 aromatic rings. The molecule has 1 aliphatic carbocycles. The summed E-state index contributed by atoms with van der Waals surface area (Å²) in [6.07, 6.45) is 1.18. The van der Waals surface area contributed by atoms with E-state index >= 15 is 0 Å². The number of hydrogen-bond acceptors (Lipinski definition) is 5. The van der Waals surface area contributed by atoms with Crippen LogP contribution < -0.4 is 16.4 Å². The smallest absolute Gasteiger partial charge is 0.255 e. The van der Waals surface area contributed by atoms with Crippen molar-refractivity contribution < 1.29 is 19.2 Å². The number of carbonyl (C=O) groups excluding carboxylic acids is 4. The van der Waals surface area contributed by atoms with Crippen molar-refractivity contribution in [2.75, 3.05) is 0 Å². The zero-order valence-corrected chi connectivity index (χ0v) is 16.8. The first kappa shape index (κ1) is 19.4. The van der Waals surface area contributed by atoms with Gasteiger partial charge < -0.3 is 16.0 Å². The lowest BCUT2D eigenvalue weighted by Gasteiger charge is -2.29. The maximum absolute atomic E-state index is 12.9. The minimum absolute atomic E-state index is 0.195. The highest BCUT2D eigenvalue weighted by Crippen LogP contribution is 2.31. The third-order valence-corrected chi connectivity index (χ3v) is 6.39. The Labute approximate surface area is 178 Å². The van der Waals surface area contributed by atoms with Gasteiger partial charge in [0.2, 0.25) is 11.8 Å². The van der Waals surface area contributed by atoms with Gasteiger partial charge in [-0.2, -0.15) is 0 Å². The van der Waals surface area contributed by atoms with Crippen molar-refractivity contribution in [2.45, 2.75) is 43.9 Å². The molecule has 4 N–H and O–H groups in total. The molecule has 4 amide bonds. The Bertz CT molecular complexity index is 1130. The Hall–Kier alpha value is -3.52. The van der Waals surface area contributed by atoms with Gasteiger partial charge in [0.25, 0.3) is 11.8 Å². The molecule has 8 nitrogen and oxygen atoms in total. The summed E-state index contributed by atoms with van der Waals surface area (Å²) in [5, 5.41) is 5.30. The van der Waals surface area contributed by atoms with Crippen LogP contribution in [0.25, 0.3) is 0 Å². The molecule has 2 aromatic carbocycles. The minimum atomic E-state index is -0.676. The van der Waals surface area contributed by atoms with Crippen LogP contribution >= 0.6 is 0 Å². The van der Waals surface area contributed by atoms with E-state index in [0.717, 1.165) is 11.1 Å². The van der Waals surface area contributed by atoms with Gasteiger partial charge in [-0.25, -0.2) is 0 Å². The molecule has 3 aliphatic rings. The van der Waals surface area contributed by atoms with Crippen LogP contribution in [-0.2, 0) is 22.6 Å². The summed E-state index contributed by atoms with van der Waals surface area (Å²) in [7, 11) is 0. The van der Waals surface area contributed by atoms with E-state index in [1.807, 2.05) is 24.3 Å². The van der Waals surface area contributed by atoms with E-state index in [2.05, 4.69) is 10.6 Å². The Balaban J connectivity index is 1.31. The van der Waals surface area contributed by atoms with Gasteiger partial charge in [-0.3, -0.25) is 24.5 Å². The van der Waals surface area contributed by atoms with Gasteiger partial charge >= 0.3 is 0 Å². The number of imide groups is 1. The van der Waals surface area contributed by atoms with Crippen LogP contribution in [0.3, 0.4) is 0 Å². The lowest BCUT2D eigenvalue weighted by atomic mass is 10.0. The van der Waals surface area contributed by atoms with Crippen molar-refractivity contribution >= 4 is 23.6 Å². The van der Waals surface area contributed by atoms with Crippen molar-refractivity contribution in [3.05, 3.63) is 70.3 Å². The number of hydrogen-bond donors (Lipinski definition) is 3. The van der Waals surface area contributed by atoms with Gasteiger partial charge in [-0.05, 0) is 47.7 Å². The number of nitrogens with one attached hydrogen (secondary N) is 2. The fourth-order valence-corrected chi connectivity index (χ4v) is 4.73. The Morgan fingerprint density at radius 1 is 1.10 bits per heavy atom. The van der Waals surface area contributed by atoms with Gasteiger partial charge in [0.1, 0.15) is 6.04 Å². The summed E-state index contributed by atoms with van der Waals surface area (Å²) < 4.78 is 0. The molecule has 0 bridgehead atoms. The second-order valence-corrected chi connectivity index (χ2v) is 8.28. The van der Waals surface area contributed by atoms with Gasteiger partial charge in [0, 0.05) is 24.1 Å². The van der Waals surface area contributed by atoms with E-state index in [1.54, 1.807) is 18.2 Å². The SMILES string of the molecule is N[C@@H]1c2ccccc2C[C@H]1NC(=O)c1ccc2c(c1)CN(C1CCC(=O)NC1=O)C2=O. The molecule has 1 fully saturated rings. The molecular weight excluding hydrogens is 396 g/mol. The van der Waals surface area contributed by atoms with Crippen LogP contribution in [0.2, 0.25) is 0 Å². The molecule has 0 saturated carbocycles. The van der Waals surface area contributed by atoms with Gasteiger partial charge in [0.05, 0.1) is 12.1 Å². The fourth-order valence-electron chi connectivity index (χ4n) is 4.73. The van der Waals surface area contributed by atoms with E-state index in [0.29, 0.717) is 29.5 Å². The standard InChI is InChI=1S/C23H22N4O4/c24-20-15-4-2-1-3-12(15)10-17(20)25-21(29)13-5-6-16-14(9-13)11-27(23(16)31)18-7-8-19(28)26-22(18)30/h1-6,9,17-18,20H,7-8,10-11,24H2,(H,25,29)(H,26,28,30)/t17-,18?,20-/m1/s1. The molecule has 158 valence electrons. The van der Waals surface area contributed by atoms with Crippen LogP contribution in [0.4, 0.5) is 0 Å². The summed E-state index contributed by atoms with van der Waals surface area (Å²) in [5.74, 6) is -1.28. The molecule has 31 heavy (non-hydrogen) atoms. The molecule has 2 heterocycles. The van der Waals surface area contributed by atoms with Crippen LogP contribution in [0, 0.1) is 0 Å². The maximum Gasteiger partial charge on any atom is 0.255 e. The lowest BCUT2D eigenvalue weighted by molar-refractivity contribution is -0.136. The highest BCUT2D eigenvalue weighted by atomic mass is 16.2. The average Bonchev–Trinajstić information content (AvgIpc) is 3.25. The molecule has 3 atom stereocenters. The topological polar surface area (TPSA) is 122 Å².